The van der Waals surface area contributed by atoms with Crippen LogP contribution in [-0.2, 0) is 4.74 Å². The van der Waals surface area contributed by atoms with E-state index in [2.05, 4.69) is 18.5 Å². The van der Waals surface area contributed by atoms with Crippen LogP contribution < -0.4 is 11.1 Å². The van der Waals surface area contributed by atoms with Gasteiger partial charge in [0.05, 0.1) is 0 Å². The summed E-state index contributed by atoms with van der Waals surface area (Å²) in [5.41, 5.74) is 6.18. The molecule has 4 heteroatoms. The molecule has 0 aliphatic rings. The van der Waals surface area contributed by atoms with Crippen LogP contribution in [-0.4, -0.2) is 25.8 Å². The quantitative estimate of drug-likeness (QED) is 0.478. The van der Waals surface area contributed by atoms with Crippen LogP contribution in [0, 0.1) is 0 Å². The number of carbonyl (C=O) groups is 1. The minimum atomic E-state index is -0.408. The summed E-state index contributed by atoms with van der Waals surface area (Å²) in [7, 11) is 0. The molecule has 0 aromatic heterocycles. The van der Waals surface area contributed by atoms with Crippen molar-refractivity contribution >= 4 is 6.09 Å². The Bertz CT molecular complexity index is 273. The van der Waals surface area contributed by atoms with Gasteiger partial charge < -0.3 is 15.8 Å². The van der Waals surface area contributed by atoms with Crippen molar-refractivity contribution in [2.75, 3.05) is 19.7 Å². The van der Waals surface area contributed by atoms with Crippen molar-refractivity contribution < 1.29 is 9.53 Å². The van der Waals surface area contributed by atoms with Gasteiger partial charge in [-0.1, -0.05) is 37.8 Å². The van der Waals surface area contributed by atoms with Gasteiger partial charge in [0.25, 0.3) is 0 Å². The number of carbonyl (C=O) groups excluding carboxylic acids is 1. The summed E-state index contributed by atoms with van der Waals surface area (Å²) in [5, 5.41) is 2.67. The van der Waals surface area contributed by atoms with E-state index in [-0.39, 0.29) is 6.61 Å². The number of nitrogens with two attached hydrogens (primary N) is 1. The van der Waals surface area contributed by atoms with Gasteiger partial charge in [0, 0.05) is 6.54 Å². The lowest BCUT2D eigenvalue weighted by atomic mass is 10.2. The number of nitrogens with one attached hydrogen (secondary N) is 1. The smallest absolute Gasteiger partial charge is 0.407 e. The third-order valence-electron chi connectivity index (χ3n) is 2.11. The number of alkyl carbamates (subject to hydrolysis) is 1. The van der Waals surface area contributed by atoms with Gasteiger partial charge in [0.1, 0.15) is 6.61 Å². The molecule has 0 fully saturated rings. The molecule has 0 radical (unpaired) electrons. The van der Waals surface area contributed by atoms with Gasteiger partial charge in [-0.05, 0) is 25.0 Å². The summed E-state index contributed by atoms with van der Waals surface area (Å²) in [6, 6.07) is 0. The van der Waals surface area contributed by atoms with E-state index in [4.69, 9.17) is 10.5 Å². The Labute approximate surface area is 103 Å². The van der Waals surface area contributed by atoms with Gasteiger partial charge in [0.2, 0.25) is 0 Å². The zero-order valence-electron chi connectivity index (χ0n) is 10.3. The summed E-state index contributed by atoms with van der Waals surface area (Å²) >= 11 is 0. The first-order valence-corrected chi connectivity index (χ1v) is 5.79. The predicted octanol–water partition coefficient (Wildman–Crippen LogP) is 2.14. The summed E-state index contributed by atoms with van der Waals surface area (Å²) < 4.78 is 4.99. The van der Waals surface area contributed by atoms with Crippen LogP contribution in [0.3, 0.4) is 0 Å². The molecular weight excluding hydrogens is 216 g/mol. The normalized spacial score (nSPS) is 10.8. The molecule has 0 bridgehead atoms. The molecule has 0 heterocycles. The van der Waals surface area contributed by atoms with E-state index in [0.29, 0.717) is 13.1 Å². The number of amides is 1. The summed E-state index contributed by atoms with van der Waals surface area (Å²) in [4.78, 5) is 11.3. The molecular formula is C13H22N2O2. The van der Waals surface area contributed by atoms with Crippen LogP contribution in [0.4, 0.5) is 4.79 Å². The Morgan fingerprint density at radius 3 is 2.65 bits per heavy atom. The van der Waals surface area contributed by atoms with Crippen LogP contribution in [0.25, 0.3) is 0 Å². The maximum Gasteiger partial charge on any atom is 0.407 e. The van der Waals surface area contributed by atoms with Crippen LogP contribution in [0.5, 0.6) is 0 Å². The highest BCUT2D eigenvalue weighted by Gasteiger charge is 2.01. The maximum atomic E-state index is 11.3. The number of unbranched alkanes of at least 4 members (excludes halogenated alkanes) is 2. The standard InChI is InChI=1S/C13H22N2O2/c1-3-8-12(4-2)11-17-13(16)15-10-7-5-6-9-14/h3-4,8H,1-2,5-7,9-11,14H2,(H,15,16)/b12-8+. The molecule has 3 N–H and O–H groups in total. The molecule has 0 aromatic rings. The second-order valence-corrected chi connectivity index (χ2v) is 3.53. The largest absolute Gasteiger partial charge is 0.445 e. The zero-order valence-corrected chi connectivity index (χ0v) is 10.3. The molecule has 1 amide bonds. The Balaban J connectivity index is 3.61. The fourth-order valence-electron chi connectivity index (χ4n) is 1.16. The van der Waals surface area contributed by atoms with Gasteiger partial charge in [-0.3, -0.25) is 0 Å². The summed E-state index contributed by atoms with van der Waals surface area (Å²) in [6.07, 6.45) is 7.53. The van der Waals surface area contributed by atoms with E-state index in [9.17, 15) is 4.79 Å². The molecule has 0 aliphatic carbocycles. The highest BCUT2D eigenvalue weighted by atomic mass is 16.5. The van der Waals surface area contributed by atoms with E-state index in [1.165, 1.54) is 0 Å². The molecule has 0 saturated heterocycles. The lowest BCUT2D eigenvalue weighted by molar-refractivity contribution is 0.156. The van der Waals surface area contributed by atoms with Crippen molar-refractivity contribution in [3.8, 4) is 0 Å². The Morgan fingerprint density at radius 2 is 2.06 bits per heavy atom. The highest BCUT2D eigenvalue weighted by Crippen LogP contribution is 1.97. The molecule has 0 atom stereocenters. The maximum absolute atomic E-state index is 11.3. The number of ether oxygens (including phenoxy) is 1. The van der Waals surface area contributed by atoms with Gasteiger partial charge in [0.15, 0.2) is 0 Å². The number of rotatable bonds is 9. The number of hydrogen-bond acceptors (Lipinski definition) is 3. The minimum Gasteiger partial charge on any atom is -0.445 e. The predicted molar refractivity (Wildman–Crippen MR) is 70.7 cm³/mol. The first kappa shape index (κ1) is 15.4. The molecule has 17 heavy (non-hydrogen) atoms. The molecule has 0 spiro atoms. The van der Waals surface area contributed by atoms with Crippen molar-refractivity contribution in [3.05, 3.63) is 37.0 Å². The van der Waals surface area contributed by atoms with Gasteiger partial charge >= 0.3 is 6.09 Å². The molecule has 0 rings (SSSR count). The monoisotopic (exact) mass is 238 g/mol. The van der Waals surface area contributed by atoms with Gasteiger partial charge in [-0.2, -0.15) is 0 Å². The zero-order chi connectivity index (χ0) is 12.9. The van der Waals surface area contributed by atoms with Crippen molar-refractivity contribution in [3.63, 3.8) is 0 Å². The average Bonchev–Trinajstić information content (AvgIpc) is 2.34. The van der Waals surface area contributed by atoms with E-state index in [1.54, 1.807) is 18.2 Å². The third-order valence-corrected chi connectivity index (χ3v) is 2.11. The van der Waals surface area contributed by atoms with Crippen LogP contribution in [0.2, 0.25) is 0 Å². The molecule has 0 saturated carbocycles. The summed E-state index contributed by atoms with van der Waals surface area (Å²) in [5.74, 6) is 0. The number of allylic oxidation sites excluding steroid dienone is 2. The van der Waals surface area contributed by atoms with Crippen molar-refractivity contribution in [2.24, 2.45) is 5.73 Å². The van der Waals surface area contributed by atoms with E-state index < -0.39 is 6.09 Å². The molecule has 0 aliphatic heterocycles. The third kappa shape index (κ3) is 9.38. The Morgan fingerprint density at radius 1 is 1.29 bits per heavy atom. The lowest BCUT2D eigenvalue weighted by Crippen LogP contribution is -2.26. The van der Waals surface area contributed by atoms with Gasteiger partial charge in [-0.25, -0.2) is 4.79 Å². The van der Waals surface area contributed by atoms with Crippen molar-refractivity contribution in [1.29, 1.82) is 0 Å². The van der Waals surface area contributed by atoms with Crippen LogP contribution in [0.1, 0.15) is 19.3 Å². The van der Waals surface area contributed by atoms with Crippen LogP contribution in [0.15, 0.2) is 37.0 Å². The first-order chi connectivity index (χ1) is 8.24. The molecule has 0 aromatic carbocycles. The second-order valence-electron chi connectivity index (χ2n) is 3.53. The lowest BCUT2D eigenvalue weighted by Gasteiger charge is -2.07. The number of hydrogen-bond donors (Lipinski definition) is 2. The first-order valence-electron chi connectivity index (χ1n) is 5.79. The molecule has 0 unspecified atom stereocenters. The highest BCUT2D eigenvalue weighted by molar-refractivity contribution is 5.67. The molecule has 4 nitrogen and oxygen atoms in total. The van der Waals surface area contributed by atoms with E-state index >= 15 is 0 Å². The SMILES string of the molecule is C=C/C=C(\C=C)COC(=O)NCCCCCN. The fourth-order valence-corrected chi connectivity index (χ4v) is 1.16. The van der Waals surface area contributed by atoms with Crippen LogP contribution >= 0.6 is 0 Å². The van der Waals surface area contributed by atoms with Crippen molar-refractivity contribution in [1.82, 2.24) is 5.32 Å². The van der Waals surface area contributed by atoms with E-state index in [1.807, 2.05) is 0 Å². The Kier molecular flexibility index (Phi) is 9.95. The van der Waals surface area contributed by atoms with Crippen molar-refractivity contribution in [2.45, 2.75) is 19.3 Å². The second kappa shape index (κ2) is 11.0. The molecule has 96 valence electrons. The summed E-state index contributed by atoms with van der Waals surface area (Å²) in [6.45, 7) is 8.70. The van der Waals surface area contributed by atoms with Gasteiger partial charge in [-0.15, -0.1) is 0 Å². The fraction of sp³-hybridized carbons (Fsp3) is 0.462. The van der Waals surface area contributed by atoms with E-state index in [0.717, 1.165) is 24.8 Å². The average molecular weight is 238 g/mol. The minimum absolute atomic E-state index is 0.212. The Hall–Kier alpha value is -1.55. The topological polar surface area (TPSA) is 64.3 Å².